The standard InChI is InChI=1S/2C3H7.2ClH.Ti/c2*1-3-2;;;/h2*1,3H2,2H3;2*1H;/q;;;;+2/p-2. The molecule has 0 radical (unpaired) electrons. The van der Waals surface area contributed by atoms with Crippen molar-refractivity contribution in [2.75, 3.05) is 0 Å². The molecule has 0 aromatic heterocycles. The van der Waals surface area contributed by atoms with Gasteiger partial charge in [-0.15, -0.1) is 0 Å². The Morgan fingerprint density at radius 2 is 1.33 bits per heavy atom. The fourth-order valence-corrected chi connectivity index (χ4v) is 6.65. The van der Waals surface area contributed by atoms with Crippen LogP contribution in [0.3, 0.4) is 0 Å². The van der Waals surface area contributed by atoms with Gasteiger partial charge in [-0.2, -0.15) is 0 Å². The van der Waals surface area contributed by atoms with Crippen molar-refractivity contribution in [2.24, 2.45) is 0 Å². The molecule has 0 bridgehead atoms. The minimum atomic E-state index is -2.22. The molecule has 0 atom stereocenters. The summed E-state index contributed by atoms with van der Waals surface area (Å²) in [5, 5.41) is 0. The molecule has 0 unspecified atom stereocenters. The Bertz CT molecular complexity index is 65.5. The third kappa shape index (κ3) is 5.72. The average molecular weight is 205 g/mol. The molecule has 0 aromatic carbocycles. The summed E-state index contributed by atoms with van der Waals surface area (Å²) in [6, 6.07) is 0. The van der Waals surface area contributed by atoms with Crippen LogP contribution >= 0.6 is 18.6 Å². The first-order valence-electron chi connectivity index (χ1n) is 3.50. The van der Waals surface area contributed by atoms with Crippen molar-refractivity contribution in [2.45, 2.75) is 36.1 Å². The van der Waals surface area contributed by atoms with E-state index in [0.717, 1.165) is 22.3 Å². The van der Waals surface area contributed by atoms with Crippen molar-refractivity contribution in [3.05, 3.63) is 0 Å². The van der Waals surface area contributed by atoms with Crippen molar-refractivity contribution >= 4 is 18.6 Å². The molecule has 0 heterocycles. The Balaban J connectivity index is 3.43. The number of hydrogen-bond donors (Lipinski definition) is 0. The predicted molar refractivity (Wildman–Crippen MR) is 41.9 cm³/mol. The second kappa shape index (κ2) is 5.01. The molecule has 3 heteroatoms. The molecule has 0 rings (SSSR count). The van der Waals surface area contributed by atoms with Crippen LogP contribution < -0.4 is 0 Å². The number of halogens is 2. The van der Waals surface area contributed by atoms with Gasteiger partial charge in [0.25, 0.3) is 0 Å². The molecule has 9 heavy (non-hydrogen) atoms. The van der Waals surface area contributed by atoms with Gasteiger partial charge in [0.05, 0.1) is 0 Å². The zero-order valence-corrected chi connectivity index (χ0v) is 9.16. The molecular formula is C6H14Cl2Ti. The molecular weight excluding hydrogens is 191 g/mol. The molecule has 0 saturated heterocycles. The Labute approximate surface area is 69.0 Å². The average Bonchev–Trinajstić information content (AvgIpc) is 1.64. The van der Waals surface area contributed by atoms with Crippen LogP contribution in [0, 0.1) is 0 Å². The molecule has 0 aromatic rings. The van der Waals surface area contributed by atoms with E-state index in [-0.39, 0.29) is 0 Å². The second-order valence-corrected chi connectivity index (χ2v) is 13.4. The zero-order chi connectivity index (χ0) is 7.33. The number of hydrogen-bond acceptors (Lipinski definition) is 0. The quantitative estimate of drug-likeness (QED) is 0.605. The molecule has 0 fully saturated rings. The molecule has 0 N–H and O–H groups in total. The first-order valence-corrected chi connectivity index (χ1v) is 10.0. The van der Waals surface area contributed by atoms with E-state index in [1.807, 2.05) is 0 Å². The van der Waals surface area contributed by atoms with E-state index >= 15 is 0 Å². The van der Waals surface area contributed by atoms with Gasteiger partial charge in [0.2, 0.25) is 0 Å². The maximum absolute atomic E-state index is 6.09. The van der Waals surface area contributed by atoms with Gasteiger partial charge < -0.3 is 0 Å². The van der Waals surface area contributed by atoms with Crippen LogP contribution in [0.4, 0.5) is 0 Å². The van der Waals surface area contributed by atoms with Gasteiger partial charge in [-0.05, 0) is 0 Å². The Morgan fingerprint density at radius 3 is 1.56 bits per heavy atom. The van der Waals surface area contributed by atoms with Crippen molar-refractivity contribution in [1.82, 2.24) is 0 Å². The van der Waals surface area contributed by atoms with Crippen molar-refractivity contribution in [3.63, 3.8) is 0 Å². The van der Waals surface area contributed by atoms with E-state index in [0.29, 0.717) is 0 Å². The van der Waals surface area contributed by atoms with E-state index in [2.05, 4.69) is 13.8 Å². The molecule has 0 spiro atoms. The van der Waals surface area contributed by atoms with E-state index in [9.17, 15) is 0 Å². The molecule has 0 saturated carbocycles. The maximum atomic E-state index is 6.09. The van der Waals surface area contributed by atoms with Gasteiger partial charge >= 0.3 is 69.2 Å². The van der Waals surface area contributed by atoms with Gasteiger partial charge in [-0.3, -0.25) is 0 Å². The van der Waals surface area contributed by atoms with Gasteiger partial charge in [0.15, 0.2) is 0 Å². The predicted octanol–water partition coefficient (Wildman–Crippen LogP) is 4.10. The van der Waals surface area contributed by atoms with Crippen LogP contribution in [0.2, 0.25) is 9.45 Å². The summed E-state index contributed by atoms with van der Waals surface area (Å²) in [4.78, 5) is 0. The van der Waals surface area contributed by atoms with Crippen LogP contribution in [0.5, 0.6) is 0 Å². The van der Waals surface area contributed by atoms with Gasteiger partial charge in [0, 0.05) is 0 Å². The third-order valence-corrected chi connectivity index (χ3v) is 8.19. The fourth-order valence-electron chi connectivity index (χ4n) is 0.857. The Hall–Kier alpha value is 1.29. The van der Waals surface area contributed by atoms with E-state index in [4.69, 9.17) is 18.6 Å². The SMILES string of the molecule is CC[CH2][Ti]([Cl])([Cl])[CH2]CC. The summed E-state index contributed by atoms with van der Waals surface area (Å²) in [5.74, 6) is 0. The van der Waals surface area contributed by atoms with Crippen LogP contribution in [-0.4, -0.2) is 0 Å². The minimum absolute atomic E-state index is 1.09. The van der Waals surface area contributed by atoms with E-state index in [1.165, 1.54) is 0 Å². The molecule has 0 aliphatic carbocycles. The van der Waals surface area contributed by atoms with E-state index < -0.39 is 14.5 Å². The Morgan fingerprint density at radius 1 is 1.00 bits per heavy atom. The first-order chi connectivity index (χ1) is 4.12. The summed E-state index contributed by atoms with van der Waals surface area (Å²) >= 11 is -2.22. The topological polar surface area (TPSA) is 0 Å². The van der Waals surface area contributed by atoms with Crippen LogP contribution in [0.15, 0.2) is 0 Å². The Kier molecular flexibility index (Phi) is 5.73. The van der Waals surface area contributed by atoms with Gasteiger partial charge in [-0.25, -0.2) is 0 Å². The molecule has 0 aliphatic heterocycles. The molecule has 0 amide bonds. The summed E-state index contributed by atoms with van der Waals surface area (Å²) in [7, 11) is 12.2. The van der Waals surface area contributed by atoms with Crippen LogP contribution in [0.25, 0.3) is 0 Å². The van der Waals surface area contributed by atoms with Crippen molar-refractivity contribution in [1.29, 1.82) is 0 Å². The molecule has 0 nitrogen and oxygen atoms in total. The monoisotopic (exact) mass is 204 g/mol. The fraction of sp³-hybridized carbons (Fsp3) is 1.00. The van der Waals surface area contributed by atoms with E-state index in [1.54, 1.807) is 0 Å². The number of rotatable bonds is 4. The van der Waals surface area contributed by atoms with Crippen molar-refractivity contribution < 1.29 is 14.5 Å². The summed E-state index contributed by atoms with van der Waals surface area (Å²) in [5.41, 5.74) is 0. The van der Waals surface area contributed by atoms with Crippen LogP contribution in [-0.2, 0) is 14.5 Å². The molecule has 56 valence electrons. The second-order valence-electron chi connectivity index (χ2n) is 2.36. The summed E-state index contributed by atoms with van der Waals surface area (Å²) < 4.78 is 2.19. The normalized spacial score (nSPS) is 12.0. The van der Waals surface area contributed by atoms with Gasteiger partial charge in [0.1, 0.15) is 0 Å². The summed E-state index contributed by atoms with van der Waals surface area (Å²) in [6.07, 6.45) is 2.29. The molecule has 0 aliphatic rings. The first kappa shape index (κ1) is 10.3. The van der Waals surface area contributed by atoms with Gasteiger partial charge in [-0.1, -0.05) is 0 Å². The summed E-state index contributed by atoms with van der Waals surface area (Å²) in [6.45, 7) is 4.28. The van der Waals surface area contributed by atoms with Crippen LogP contribution in [0.1, 0.15) is 26.7 Å². The van der Waals surface area contributed by atoms with Crippen molar-refractivity contribution in [3.8, 4) is 0 Å². The zero-order valence-electron chi connectivity index (χ0n) is 6.08. The third-order valence-electron chi connectivity index (χ3n) is 1.23.